The molecule has 0 amide bonds. The second kappa shape index (κ2) is 8.46. The van der Waals surface area contributed by atoms with Crippen molar-refractivity contribution in [2.24, 2.45) is 5.92 Å². The molecule has 0 saturated carbocycles. The molecule has 3 rings (SSSR count). The highest BCUT2D eigenvalue weighted by molar-refractivity contribution is 7.98. The standard InChI is InChI=1S/C20H26N2O2S2/c1-16-4-3-13-22(15-16)18-7-5-17(6-8-18)14-21-26(23,24)20-11-9-19(25-2)10-12-20/h5-12,16,21H,3-4,13-15H2,1-2H3/t16-/m0/s1. The van der Waals surface area contributed by atoms with E-state index in [1.165, 1.54) is 18.5 Å². The van der Waals surface area contributed by atoms with Crippen LogP contribution in [0.2, 0.25) is 0 Å². The van der Waals surface area contributed by atoms with Gasteiger partial charge < -0.3 is 4.90 Å². The number of hydrogen-bond acceptors (Lipinski definition) is 4. The predicted molar refractivity (Wildman–Crippen MR) is 109 cm³/mol. The van der Waals surface area contributed by atoms with E-state index in [1.807, 2.05) is 30.5 Å². The van der Waals surface area contributed by atoms with E-state index >= 15 is 0 Å². The van der Waals surface area contributed by atoms with E-state index in [2.05, 4.69) is 28.7 Å². The van der Waals surface area contributed by atoms with Gasteiger partial charge in [0.2, 0.25) is 10.0 Å². The molecule has 1 N–H and O–H groups in total. The maximum atomic E-state index is 12.4. The number of nitrogens with zero attached hydrogens (tertiary/aromatic N) is 1. The van der Waals surface area contributed by atoms with E-state index in [0.717, 1.165) is 29.5 Å². The largest absolute Gasteiger partial charge is 0.371 e. The first-order valence-corrected chi connectivity index (χ1v) is 11.7. The number of hydrogen-bond donors (Lipinski definition) is 1. The van der Waals surface area contributed by atoms with Crippen LogP contribution in [0, 0.1) is 5.92 Å². The molecule has 0 aliphatic carbocycles. The lowest BCUT2D eigenvalue weighted by molar-refractivity contribution is 0.447. The molecule has 1 saturated heterocycles. The average molecular weight is 391 g/mol. The van der Waals surface area contributed by atoms with Crippen molar-refractivity contribution in [2.45, 2.75) is 36.1 Å². The van der Waals surface area contributed by atoms with Crippen molar-refractivity contribution in [1.29, 1.82) is 0 Å². The normalized spacial score (nSPS) is 18.1. The van der Waals surface area contributed by atoms with Crippen molar-refractivity contribution in [3.63, 3.8) is 0 Å². The number of thioether (sulfide) groups is 1. The van der Waals surface area contributed by atoms with E-state index in [4.69, 9.17) is 0 Å². The molecule has 1 heterocycles. The van der Waals surface area contributed by atoms with Gasteiger partial charge in [-0.1, -0.05) is 19.1 Å². The van der Waals surface area contributed by atoms with Crippen molar-refractivity contribution >= 4 is 27.5 Å². The maximum Gasteiger partial charge on any atom is 0.240 e. The van der Waals surface area contributed by atoms with Gasteiger partial charge in [0, 0.05) is 30.2 Å². The highest BCUT2D eigenvalue weighted by atomic mass is 32.2. The SMILES string of the molecule is CSc1ccc(S(=O)(=O)NCc2ccc(N3CCC[C@H](C)C3)cc2)cc1. The summed E-state index contributed by atoms with van der Waals surface area (Å²) in [6.45, 7) is 4.78. The molecule has 2 aromatic rings. The zero-order valence-electron chi connectivity index (χ0n) is 15.3. The second-order valence-electron chi connectivity index (χ2n) is 6.86. The highest BCUT2D eigenvalue weighted by Crippen LogP contribution is 2.23. The molecule has 6 heteroatoms. The molecule has 140 valence electrons. The number of anilines is 1. The summed E-state index contributed by atoms with van der Waals surface area (Å²) in [5.41, 5.74) is 2.18. The maximum absolute atomic E-state index is 12.4. The summed E-state index contributed by atoms with van der Waals surface area (Å²) < 4.78 is 27.5. The molecule has 1 aliphatic rings. The van der Waals surface area contributed by atoms with Gasteiger partial charge in [-0.05, 0) is 67.0 Å². The van der Waals surface area contributed by atoms with Crippen LogP contribution in [0.25, 0.3) is 0 Å². The molecular formula is C20H26N2O2S2. The lowest BCUT2D eigenvalue weighted by Gasteiger charge is -2.32. The third kappa shape index (κ3) is 4.81. The van der Waals surface area contributed by atoms with Crippen molar-refractivity contribution in [2.75, 3.05) is 24.2 Å². The van der Waals surface area contributed by atoms with Crippen molar-refractivity contribution < 1.29 is 8.42 Å². The Kier molecular flexibility index (Phi) is 6.27. The molecule has 1 fully saturated rings. The third-order valence-corrected chi connectivity index (χ3v) is 6.96. The third-order valence-electron chi connectivity index (χ3n) is 4.79. The summed E-state index contributed by atoms with van der Waals surface area (Å²) in [4.78, 5) is 3.76. The molecule has 4 nitrogen and oxygen atoms in total. The first-order valence-electron chi connectivity index (χ1n) is 8.95. The summed E-state index contributed by atoms with van der Waals surface area (Å²) in [5.74, 6) is 0.729. The van der Waals surface area contributed by atoms with Crippen LogP contribution in [0.5, 0.6) is 0 Å². The fourth-order valence-electron chi connectivity index (χ4n) is 3.27. The van der Waals surface area contributed by atoms with Crippen molar-refractivity contribution in [1.82, 2.24) is 4.72 Å². The van der Waals surface area contributed by atoms with Gasteiger partial charge in [0.25, 0.3) is 0 Å². The number of benzene rings is 2. The highest BCUT2D eigenvalue weighted by Gasteiger charge is 2.17. The smallest absolute Gasteiger partial charge is 0.240 e. The second-order valence-corrected chi connectivity index (χ2v) is 9.51. The Morgan fingerprint density at radius 3 is 2.42 bits per heavy atom. The summed E-state index contributed by atoms with van der Waals surface area (Å²) in [7, 11) is -3.49. The van der Waals surface area contributed by atoms with Gasteiger partial charge in [0.1, 0.15) is 0 Å². The van der Waals surface area contributed by atoms with Crippen LogP contribution in [-0.4, -0.2) is 27.8 Å². The van der Waals surface area contributed by atoms with Crippen LogP contribution in [0.3, 0.4) is 0 Å². The van der Waals surface area contributed by atoms with Gasteiger partial charge in [-0.15, -0.1) is 11.8 Å². The lowest BCUT2D eigenvalue weighted by Crippen LogP contribution is -2.34. The van der Waals surface area contributed by atoms with Gasteiger partial charge in [0.05, 0.1) is 4.90 Å². The molecule has 0 radical (unpaired) electrons. The topological polar surface area (TPSA) is 49.4 Å². The molecule has 26 heavy (non-hydrogen) atoms. The lowest BCUT2D eigenvalue weighted by atomic mass is 9.99. The first-order chi connectivity index (χ1) is 12.5. The van der Waals surface area contributed by atoms with E-state index in [1.54, 1.807) is 23.9 Å². The first kappa shape index (κ1) is 19.3. The van der Waals surface area contributed by atoms with Gasteiger partial charge in [-0.25, -0.2) is 13.1 Å². The number of rotatable bonds is 6. The number of piperidine rings is 1. The van der Waals surface area contributed by atoms with Gasteiger partial charge >= 0.3 is 0 Å². The Labute approximate surface area is 161 Å². The minimum atomic E-state index is -3.49. The average Bonchev–Trinajstić information content (AvgIpc) is 2.67. The monoisotopic (exact) mass is 390 g/mol. The molecule has 1 atom stereocenters. The van der Waals surface area contributed by atoms with E-state index < -0.39 is 10.0 Å². The zero-order chi connectivity index (χ0) is 18.6. The molecule has 2 aromatic carbocycles. The fraction of sp³-hybridized carbons (Fsp3) is 0.400. The van der Waals surface area contributed by atoms with Gasteiger partial charge in [-0.3, -0.25) is 0 Å². The zero-order valence-corrected chi connectivity index (χ0v) is 16.9. The molecule has 1 aliphatic heterocycles. The predicted octanol–water partition coefficient (Wildman–Crippen LogP) is 4.12. The number of sulfonamides is 1. The quantitative estimate of drug-likeness (QED) is 0.754. The molecule has 0 spiro atoms. The van der Waals surface area contributed by atoms with Gasteiger partial charge in [0.15, 0.2) is 0 Å². The Balaban J connectivity index is 1.61. The van der Waals surface area contributed by atoms with Crippen molar-refractivity contribution in [3.05, 3.63) is 54.1 Å². The summed E-state index contributed by atoms with van der Waals surface area (Å²) in [6.07, 6.45) is 4.50. The fourth-order valence-corrected chi connectivity index (χ4v) is 4.69. The number of nitrogens with one attached hydrogen (secondary N) is 1. The molecule has 0 aromatic heterocycles. The summed E-state index contributed by atoms with van der Waals surface area (Å²) >= 11 is 1.59. The van der Waals surface area contributed by atoms with Crippen LogP contribution in [0.4, 0.5) is 5.69 Å². The minimum Gasteiger partial charge on any atom is -0.371 e. The van der Waals surface area contributed by atoms with Gasteiger partial charge in [-0.2, -0.15) is 0 Å². The van der Waals surface area contributed by atoms with E-state index in [0.29, 0.717) is 11.4 Å². The van der Waals surface area contributed by atoms with Crippen LogP contribution in [-0.2, 0) is 16.6 Å². The molecule has 0 unspecified atom stereocenters. The summed E-state index contributed by atoms with van der Waals surface area (Å²) in [5, 5.41) is 0. The Morgan fingerprint density at radius 1 is 1.12 bits per heavy atom. The Hall–Kier alpha value is -1.50. The van der Waals surface area contributed by atoms with E-state index in [9.17, 15) is 8.42 Å². The Morgan fingerprint density at radius 2 is 1.81 bits per heavy atom. The van der Waals surface area contributed by atoms with Crippen LogP contribution in [0.15, 0.2) is 58.3 Å². The van der Waals surface area contributed by atoms with Crippen LogP contribution >= 0.6 is 11.8 Å². The molecular weight excluding hydrogens is 364 g/mol. The van der Waals surface area contributed by atoms with Crippen LogP contribution in [0.1, 0.15) is 25.3 Å². The van der Waals surface area contributed by atoms with Crippen molar-refractivity contribution in [3.8, 4) is 0 Å². The minimum absolute atomic E-state index is 0.295. The molecule has 0 bridgehead atoms. The Bertz CT molecular complexity index is 818. The van der Waals surface area contributed by atoms with Crippen LogP contribution < -0.4 is 9.62 Å². The summed E-state index contributed by atoms with van der Waals surface area (Å²) in [6, 6.07) is 15.1. The van der Waals surface area contributed by atoms with E-state index in [-0.39, 0.29) is 0 Å².